The van der Waals surface area contributed by atoms with Crippen molar-refractivity contribution in [2.24, 2.45) is 0 Å². The van der Waals surface area contributed by atoms with E-state index in [-0.39, 0.29) is 16.9 Å². The van der Waals surface area contributed by atoms with Crippen LogP contribution in [0.2, 0.25) is 0 Å². The number of hydrogen-bond donors (Lipinski definition) is 7. The Bertz CT molecular complexity index is 2040. The number of aromatic amines is 1. The maximum atomic E-state index is 13.4. The molecule has 1 fully saturated rings. The number of aliphatic hydroxyl groups excluding tert-OH is 4. The Labute approximate surface area is 235 Å². The second kappa shape index (κ2) is 8.12. The molecule has 5 atom stereocenters. The van der Waals surface area contributed by atoms with Crippen LogP contribution in [0, 0.1) is 0 Å². The molecule has 5 unspecified atom stereocenters. The van der Waals surface area contributed by atoms with Crippen LogP contribution in [0.3, 0.4) is 0 Å². The minimum absolute atomic E-state index is 0.0698. The molecule has 5 heterocycles. The number of nitrogens with zero attached hydrogens (tertiary/aromatic N) is 1. The van der Waals surface area contributed by atoms with Crippen LogP contribution in [0.25, 0.3) is 43.6 Å². The van der Waals surface area contributed by atoms with Gasteiger partial charge in [-0.3, -0.25) is 14.9 Å². The number of amides is 2. The molecule has 3 aliphatic rings. The minimum atomic E-state index is -1.68. The summed E-state index contributed by atoms with van der Waals surface area (Å²) in [6.45, 7) is 2.89. The van der Waals surface area contributed by atoms with Gasteiger partial charge in [-0.25, -0.2) is 0 Å². The maximum absolute atomic E-state index is 13.4. The maximum Gasteiger partial charge on any atom is 0.259 e. The molecule has 5 aromatic rings. The fraction of sp³-hybridized carbons (Fsp3) is 0.310. The quantitative estimate of drug-likeness (QED) is 0.152. The highest BCUT2D eigenvalue weighted by Crippen LogP contribution is 2.49. The molecular formula is C29H25N3O10. The van der Waals surface area contributed by atoms with Crippen molar-refractivity contribution in [3.05, 3.63) is 41.5 Å². The molecule has 3 aliphatic heterocycles. The number of aromatic hydroxyl groups is 1. The van der Waals surface area contributed by atoms with Gasteiger partial charge in [-0.2, -0.15) is 0 Å². The second-order valence-corrected chi connectivity index (χ2v) is 11.4. The fourth-order valence-corrected chi connectivity index (χ4v) is 6.64. The summed E-state index contributed by atoms with van der Waals surface area (Å²) in [7, 11) is 0. The summed E-state index contributed by atoms with van der Waals surface area (Å²) >= 11 is 0. The van der Waals surface area contributed by atoms with Gasteiger partial charge >= 0.3 is 0 Å². The number of nitrogens with one attached hydrogen (secondary N) is 2. The summed E-state index contributed by atoms with van der Waals surface area (Å²) < 4.78 is 19.4. The van der Waals surface area contributed by atoms with Crippen molar-refractivity contribution in [1.29, 1.82) is 0 Å². The van der Waals surface area contributed by atoms with Crippen molar-refractivity contribution in [3.8, 4) is 17.2 Å². The Balaban J connectivity index is 1.56. The number of aliphatic hydroxyl groups is 4. The third-order valence-corrected chi connectivity index (χ3v) is 8.35. The Hall–Kier alpha value is -4.40. The van der Waals surface area contributed by atoms with E-state index in [2.05, 4.69) is 10.3 Å². The standard InChI is InChI=1S/C29H25N3O10/c1-29(2)41-14-6-10-12(7-15(14)42-29)30-21-17(10)19-20(27(39)31-26(19)38)18-11-5-9(34)3-4-13(11)32(22(18)21)28-25(37)24(36)23(35)16(8-33)40-28/h3-7,16,23-25,28,30,33-37H,8H2,1-2H3,(H,31,38,39). The van der Waals surface area contributed by atoms with E-state index in [1.54, 1.807) is 36.6 Å². The predicted octanol–water partition coefficient (Wildman–Crippen LogP) is 1.50. The number of carbonyl (C=O) groups excluding carboxylic acids is 2. The molecule has 13 nitrogen and oxygen atoms in total. The lowest BCUT2D eigenvalue weighted by Crippen LogP contribution is -2.56. The molecule has 3 aromatic carbocycles. The summed E-state index contributed by atoms with van der Waals surface area (Å²) in [5.74, 6) is -1.34. The first-order chi connectivity index (χ1) is 20.0. The van der Waals surface area contributed by atoms with Crippen molar-refractivity contribution in [1.82, 2.24) is 14.9 Å². The molecule has 0 radical (unpaired) electrons. The number of hydrogen-bond acceptors (Lipinski definition) is 10. The number of ether oxygens (including phenoxy) is 3. The summed E-state index contributed by atoms with van der Waals surface area (Å²) in [5.41, 5.74) is 1.89. The zero-order chi connectivity index (χ0) is 29.4. The number of benzene rings is 3. The van der Waals surface area contributed by atoms with Crippen LogP contribution in [0.15, 0.2) is 30.3 Å². The van der Waals surface area contributed by atoms with Crippen molar-refractivity contribution in [2.45, 2.75) is 50.3 Å². The summed E-state index contributed by atoms with van der Waals surface area (Å²) in [6, 6.07) is 7.87. The Morgan fingerprint density at radius 1 is 0.905 bits per heavy atom. The van der Waals surface area contributed by atoms with Crippen molar-refractivity contribution in [2.75, 3.05) is 6.61 Å². The zero-order valence-corrected chi connectivity index (χ0v) is 22.2. The Morgan fingerprint density at radius 3 is 2.31 bits per heavy atom. The third-order valence-electron chi connectivity index (χ3n) is 8.35. The highest BCUT2D eigenvalue weighted by Gasteiger charge is 2.46. The van der Waals surface area contributed by atoms with Gasteiger partial charge in [-0.15, -0.1) is 0 Å². The molecule has 0 spiro atoms. The number of phenolic OH excluding ortho intramolecular Hbond substituents is 1. The van der Waals surface area contributed by atoms with Gasteiger partial charge < -0.3 is 49.3 Å². The monoisotopic (exact) mass is 575 g/mol. The van der Waals surface area contributed by atoms with Crippen LogP contribution in [-0.2, 0) is 4.74 Å². The molecule has 13 heteroatoms. The van der Waals surface area contributed by atoms with E-state index in [0.717, 1.165) is 0 Å². The largest absolute Gasteiger partial charge is 0.508 e. The third kappa shape index (κ3) is 3.13. The molecule has 0 saturated carbocycles. The van der Waals surface area contributed by atoms with E-state index < -0.39 is 54.9 Å². The van der Waals surface area contributed by atoms with Gasteiger partial charge in [0.1, 0.15) is 30.2 Å². The van der Waals surface area contributed by atoms with Crippen LogP contribution < -0.4 is 14.8 Å². The number of aromatic nitrogens is 2. The van der Waals surface area contributed by atoms with Gasteiger partial charge in [-0.1, -0.05) is 0 Å². The van der Waals surface area contributed by atoms with E-state index in [4.69, 9.17) is 14.2 Å². The lowest BCUT2D eigenvalue weighted by Gasteiger charge is -2.41. The van der Waals surface area contributed by atoms with Gasteiger partial charge in [0, 0.05) is 41.5 Å². The molecule has 1 saturated heterocycles. The van der Waals surface area contributed by atoms with Gasteiger partial charge in [-0.05, 0) is 24.3 Å². The highest BCUT2D eigenvalue weighted by atomic mass is 16.7. The van der Waals surface area contributed by atoms with Crippen LogP contribution in [0.1, 0.15) is 40.8 Å². The molecule has 8 rings (SSSR count). The molecule has 2 aromatic heterocycles. The van der Waals surface area contributed by atoms with E-state index in [0.29, 0.717) is 55.1 Å². The van der Waals surface area contributed by atoms with Crippen molar-refractivity contribution < 1.29 is 49.3 Å². The average molecular weight is 576 g/mol. The van der Waals surface area contributed by atoms with Crippen LogP contribution in [0.4, 0.5) is 0 Å². The SMILES string of the molecule is CC1(C)Oc2cc3[nH]c4c(c5c(c6c7cc(O)ccc7n(C7OC(CO)C(O)C(O)C7O)c46)C(=O)NC5=O)c3cc2O1. The van der Waals surface area contributed by atoms with Crippen LogP contribution in [0.5, 0.6) is 17.2 Å². The molecule has 42 heavy (non-hydrogen) atoms. The van der Waals surface area contributed by atoms with Crippen LogP contribution >= 0.6 is 0 Å². The second-order valence-electron chi connectivity index (χ2n) is 11.4. The average Bonchev–Trinajstić information content (AvgIpc) is 3.63. The van der Waals surface area contributed by atoms with Crippen LogP contribution in [-0.4, -0.2) is 83.7 Å². The molecule has 216 valence electrons. The van der Waals surface area contributed by atoms with Gasteiger partial charge in [0.15, 0.2) is 17.7 Å². The normalized spacial score (nSPS) is 26.6. The Morgan fingerprint density at radius 2 is 1.60 bits per heavy atom. The molecule has 0 bridgehead atoms. The number of fused-ring (bicyclic) bond motifs is 11. The van der Waals surface area contributed by atoms with E-state index in [1.807, 2.05) is 0 Å². The summed E-state index contributed by atoms with van der Waals surface area (Å²) in [5, 5.41) is 56.7. The van der Waals surface area contributed by atoms with Crippen molar-refractivity contribution in [3.63, 3.8) is 0 Å². The smallest absolute Gasteiger partial charge is 0.259 e. The van der Waals surface area contributed by atoms with Gasteiger partial charge in [0.25, 0.3) is 11.8 Å². The number of imide groups is 1. The molecule has 0 aliphatic carbocycles. The first kappa shape index (κ1) is 25.3. The van der Waals surface area contributed by atoms with E-state index in [9.17, 15) is 35.1 Å². The fourth-order valence-electron chi connectivity index (χ4n) is 6.64. The lowest BCUT2D eigenvalue weighted by atomic mass is 9.96. The van der Waals surface area contributed by atoms with Gasteiger partial charge in [0.2, 0.25) is 5.79 Å². The van der Waals surface area contributed by atoms with Crippen molar-refractivity contribution >= 4 is 55.4 Å². The summed E-state index contributed by atoms with van der Waals surface area (Å²) in [6.07, 6.45) is -7.49. The first-order valence-electron chi connectivity index (χ1n) is 13.4. The predicted molar refractivity (Wildman–Crippen MR) is 147 cm³/mol. The van der Waals surface area contributed by atoms with Gasteiger partial charge in [0.05, 0.1) is 39.8 Å². The molecule has 2 amide bonds. The molecule has 7 N–H and O–H groups in total. The van der Waals surface area contributed by atoms with E-state index in [1.165, 1.54) is 12.1 Å². The highest BCUT2D eigenvalue weighted by molar-refractivity contribution is 6.39. The number of phenols is 1. The zero-order valence-electron chi connectivity index (χ0n) is 22.2. The number of H-pyrrole nitrogens is 1. The minimum Gasteiger partial charge on any atom is -0.508 e. The topological polar surface area (TPSA) is 196 Å². The number of rotatable bonds is 2. The first-order valence-corrected chi connectivity index (χ1v) is 13.4. The Kier molecular flexibility index (Phi) is 4.89. The number of carbonyl (C=O) groups is 2. The summed E-state index contributed by atoms with van der Waals surface area (Å²) in [4.78, 5) is 30.1. The molecular weight excluding hydrogens is 550 g/mol. The van der Waals surface area contributed by atoms with E-state index >= 15 is 0 Å². The lowest BCUT2D eigenvalue weighted by molar-refractivity contribution is -0.249.